The number of sulfonamides is 1. The molecule has 2 aliphatic heterocycles. The van der Waals surface area contributed by atoms with Crippen molar-refractivity contribution in [2.45, 2.75) is 31.3 Å². The monoisotopic (exact) mass is 494 g/mol. The zero-order valence-corrected chi connectivity index (χ0v) is 19.5. The predicted molar refractivity (Wildman–Crippen MR) is 119 cm³/mol. The van der Waals surface area contributed by atoms with Gasteiger partial charge in [0.1, 0.15) is 23.7 Å². The first kappa shape index (κ1) is 24.1. The van der Waals surface area contributed by atoms with Crippen LogP contribution in [0, 0.1) is 23.0 Å². The van der Waals surface area contributed by atoms with Crippen LogP contribution in [0.15, 0.2) is 33.7 Å². The lowest BCUT2D eigenvalue weighted by molar-refractivity contribution is -0.384. The Morgan fingerprint density at radius 1 is 1.21 bits per heavy atom. The van der Waals surface area contributed by atoms with Crippen molar-refractivity contribution in [2.75, 3.05) is 44.3 Å². The second kappa shape index (κ2) is 10.1. The number of rotatable bonds is 7. The predicted octanol–water partition coefficient (Wildman–Crippen LogP) is 1.87. The number of hydrogen-bond acceptors (Lipinski definition) is 10. The van der Waals surface area contributed by atoms with Gasteiger partial charge in [-0.3, -0.25) is 14.9 Å². The molecular formula is C21H26N4O8S. The number of piperidine rings is 1. The van der Waals surface area contributed by atoms with E-state index in [4.69, 9.17) is 14.0 Å². The minimum Gasteiger partial charge on any atom is -0.459 e. The first-order chi connectivity index (χ1) is 16.3. The number of aromatic nitrogens is 1. The molecular weight excluding hydrogens is 468 g/mol. The number of nitro benzene ring substituents is 1. The number of morpholine rings is 1. The third-order valence-electron chi connectivity index (χ3n) is 5.96. The quantitative estimate of drug-likeness (QED) is 0.318. The standard InChI is InChI=1S/C21H26N4O8S/c1-15-12-17(22-33-15)14-32-21(26)16-4-6-23(7-5-16)19-3-2-18(13-20(19)25(27)28)34(29,30)24-8-10-31-11-9-24/h2-3,12-13,16H,4-11,14H2,1H3. The molecule has 0 aliphatic carbocycles. The third kappa shape index (κ3) is 5.21. The zero-order chi connectivity index (χ0) is 24.3. The van der Waals surface area contributed by atoms with Crippen molar-refractivity contribution in [1.82, 2.24) is 9.46 Å². The van der Waals surface area contributed by atoms with Crippen LogP contribution in [0.1, 0.15) is 24.3 Å². The Balaban J connectivity index is 1.42. The van der Waals surface area contributed by atoms with Crippen LogP contribution < -0.4 is 4.90 Å². The van der Waals surface area contributed by atoms with Crippen LogP contribution in [-0.4, -0.2) is 68.2 Å². The van der Waals surface area contributed by atoms with E-state index in [0.717, 1.165) is 6.07 Å². The van der Waals surface area contributed by atoms with Crippen LogP contribution >= 0.6 is 0 Å². The molecule has 0 N–H and O–H groups in total. The first-order valence-corrected chi connectivity index (χ1v) is 12.4. The highest BCUT2D eigenvalue weighted by Crippen LogP contribution is 2.34. The van der Waals surface area contributed by atoms with E-state index in [2.05, 4.69) is 5.16 Å². The second-order valence-corrected chi connectivity index (χ2v) is 10.2. The summed E-state index contributed by atoms with van der Waals surface area (Å²) in [7, 11) is -3.86. The topological polar surface area (TPSA) is 145 Å². The average molecular weight is 495 g/mol. The van der Waals surface area contributed by atoms with Crippen molar-refractivity contribution < 1.29 is 32.1 Å². The van der Waals surface area contributed by atoms with E-state index >= 15 is 0 Å². The van der Waals surface area contributed by atoms with E-state index in [1.807, 2.05) is 0 Å². The lowest BCUT2D eigenvalue weighted by Gasteiger charge is -2.32. The Labute approximate surface area is 196 Å². The van der Waals surface area contributed by atoms with Crippen molar-refractivity contribution in [3.63, 3.8) is 0 Å². The number of carbonyl (C=O) groups is 1. The van der Waals surface area contributed by atoms with Gasteiger partial charge in [0.05, 0.1) is 29.0 Å². The van der Waals surface area contributed by atoms with Crippen LogP contribution in [-0.2, 0) is 30.9 Å². The molecule has 0 unspecified atom stereocenters. The molecule has 0 amide bonds. The number of nitro groups is 1. The van der Waals surface area contributed by atoms with E-state index < -0.39 is 14.9 Å². The van der Waals surface area contributed by atoms with Crippen molar-refractivity contribution in [2.24, 2.45) is 5.92 Å². The third-order valence-corrected chi connectivity index (χ3v) is 7.85. The molecule has 3 heterocycles. The van der Waals surface area contributed by atoms with E-state index in [9.17, 15) is 23.3 Å². The first-order valence-electron chi connectivity index (χ1n) is 11.0. The molecule has 2 aliphatic rings. The number of carbonyl (C=O) groups excluding carboxylic acids is 1. The highest BCUT2D eigenvalue weighted by molar-refractivity contribution is 7.89. The number of aryl methyl sites for hydroxylation is 1. The molecule has 2 fully saturated rings. The summed E-state index contributed by atoms with van der Waals surface area (Å²) in [5.41, 5.74) is 0.582. The van der Waals surface area contributed by atoms with Gasteiger partial charge < -0.3 is 18.9 Å². The zero-order valence-electron chi connectivity index (χ0n) is 18.7. The van der Waals surface area contributed by atoms with Crippen LogP contribution in [0.25, 0.3) is 0 Å². The van der Waals surface area contributed by atoms with Crippen molar-refractivity contribution in [3.8, 4) is 0 Å². The SMILES string of the molecule is Cc1cc(COC(=O)C2CCN(c3ccc(S(=O)(=O)N4CCOCC4)cc3[N+](=O)[O-])CC2)no1. The lowest BCUT2D eigenvalue weighted by Crippen LogP contribution is -2.40. The number of anilines is 1. The summed E-state index contributed by atoms with van der Waals surface area (Å²) in [4.78, 5) is 25.3. The van der Waals surface area contributed by atoms with Crippen LogP contribution in [0.2, 0.25) is 0 Å². The highest BCUT2D eigenvalue weighted by Gasteiger charge is 2.32. The molecule has 2 aromatic rings. The van der Waals surface area contributed by atoms with Crippen LogP contribution in [0.4, 0.5) is 11.4 Å². The lowest BCUT2D eigenvalue weighted by atomic mass is 9.96. The molecule has 13 heteroatoms. The Hall–Kier alpha value is -3.03. The number of hydrogen-bond donors (Lipinski definition) is 0. The molecule has 0 atom stereocenters. The molecule has 34 heavy (non-hydrogen) atoms. The van der Waals surface area contributed by atoms with Gasteiger partial charge in [0.25, 0.3) is 5.69 Å². The van der Waals surface area contributed by atoms with Crippen molar-refractivity contribution >= 4 is 27.4 Å². The van der Waals surface area contributed by atoms with Crippen molar-refractivity contribution in [3.05, 3.63) is 45.8 Å². The summed E-state index contributed by atoms with van der Waals surface area (Å²) >= 11 is 0. The normalized spacial score (nSPS) is 18.1. The molecule has 0 bridgehead atoms. The molecule has 1 aromatic carbocycles. The van der Waals surface area contributed by atoms with E-state index in [0.29, 0.717) is 43.1 Å². The summed E-state index contributed by atoms with van der Waals surface area (Å²) in [5, 5.41) is 15.6. The minimum atomic E-state index is -3.86. The fraction of sp³-hybridized carbons (Fsp3) is 0.524. The van der Waals surface area contributed by atoms with Gasteiger partial charge in [0.15, 0.2) is 0 Å². The Bertz CT molecular complexity index is 1150. The number of ether oxygens (including phenoxy) is 2. The molecule has 1 aromatic heterocycles. The molecule has 184 valence electrons. The number of nitrogens with zero attached hydrogens (tertiary/aromatic N) is 4. The molecule has 0 spiro atoms. The maximum atomic E-state index is 12.9. The van der Waals surface area contributed by atoms with Gasteiger partial charge in [-0.25, -0.2) is 8.42 Å². The van der Waals surface area contributed by atoms with Gasteiger partial charge in [0, 0.05) is 38.3 Å². The Morgan fingerprint density at radius 2 is 1.91 bits per heavy atom. The van der Waals surface area contributed by atoms with E-state index in [1.165, 1.54) is 16.4 Å². The van der Waals surface area contributed by atoms with Gasteiger partial charge in [-0.05, 0) is 31.9 Å². The molecule has 0 radical (unpaired) electrons. The summed E-state index contributed by atoms with van der Waals surface area (Å²) in [5.74, 6) is -0.0456. The van der Waals surface area contributed by atoms with Crippen LogP contribution in [0.3, 0.4) is 0 Å². The number of esters is 1. The van der Waals surface area contributed by atoms with E-state index in [1.54, 1.807) is 17.9 Å². The minimum absolute atomic E-state index is 0.0287. The molecule has 0 saturated carbocycles. The smallest absolute Gasteiger partial charge is 0.309 e. The van der Waals surface area contributed by atoms with Gasteiger partial charge >= 0.3 is 5.97 Å². The fourth-order valence-electron chi connectivity index (χ4n) is 4.12. The second-order valence-electron chi connectivity index (χ2n) is 8.22. The molecule has 2 saturated heterocycles. The average Bonchev–Trinajstić information content (AvgIpc) is 3.27. The van der Waals surface area contributed by atoms with Crippen molar-refractivity contribution in [1.29, 1.82) is 0 Å². The Morgan fingerprint density at radius 3 is 2.53 bits per heavy atom. The maximum Gasteiger partial charge on any atom is 0.309 e. The molecule has 4 rings (SSSR count). The van der Waals surface area contributed by atoms with Gasteiger partial charge in [-0.1, -0.05) is 5.16 Å². The van der Waals surface area contributed by atoms with Crippen LogP contribution in [0.5, 0.6) is 0 Å². The Kier molecular flexibility index (Phi) is 7.14. The maximum absolute atomic E-state index is 12.9. The largest absolute Gasteiger partial charge is 0.459 e. The fourth-order valence-corrected chi connectivity index (χ4v) is 5.55. The van der Waals surface area contributed by atoms with E-state index in [-0.39, 0.29) is 55.4 Å². The summed E-state index contributed by atoms with van der Waals surface area (Å²) in [6, 6.07) is 5.67. The van der Waals surface area contributed by atoms with Gasteiger partial charge in [-0.15, -0.1) is 0 Å². The molecule has 12 nitrogen and oxygen atoms in total. The highest BCUT2D eigenvalue weighted by atomic mass is 32.2. The summed E-state index contributed by atoms with van der Waals surface area (Å²) in [6.45, 7) is 3.57. The number of benzene rings is 1. The van der Waals surface area contributed by atoms with Gasteiger partial charge in [-0.2, -0.15) is 4.31 Å². The summed E-state index contributed by atoms with van der Waals surface area (Å²) < 4.78 is 42.6. The van der Waals surface area contributed by atoms with Gasteiger partial charge in [0.2, 0.25) is 10.0 Å². The summed E-state index contributed by atoms with van der Waals surface area (Å²) in [6.07, 6.45) is 0.920.